The van der Waals surface area contributed by atoms with E-state index in [4.69, 9.17) is 9.47 Å². The van der Waals surface area contributed by atoms with E-state index in [0.29, 0.717) is 39.3 Å². The van der Waals surface area contributed by atoms with Gasteiger partial charge in [-0.2, -0.15) is 0 Å². The Kier molecular flexibility index (Phi) is 6.97. The zero-order valence-corrected chi connectivity index (χ0v) is 16.8. The van der Waals surface area contributed by atoms with Crippen LogP contribution in [0, 0.1) is 0 Å². The first kappa shape index (κ1) is 20.3. The van der Waals surface area contributed by atoms with Crippen LogP contribution in [0.3, 0.4) is 0 Å². The van der Waals surface area contributed by atoms with Crippen LogP contribution in [0.4, 0.5) is 10.5 Å². The number of nitrogens with zero attached hydrogens (tertiary/aromatic N) is 4. The number of piperazine rings is 2. The number of hydrogen-bond acceptors (Lipinski definition) is 6. The lowest BCUT2D eigenvalue weighted by atomic mass is 10.2. The molecule has 2 aliphatic rings. The predicted octanol–water partition coefficient (Wildman–Crippen LogP) is 1.12. The SMILES string of the molecule is CCOC(=O)N1CCN(CC(=O)N2CCN(c3ccc(OC)cc3)CC2)CC1. The van der Waals surface area contributed by atoms with Crippen molar-refractivity contribution in [2.45, 2.75) is 6.92 Å². The summed E-state index contributed by atoms with van der Waals surface area (Å²) in [6.45, 7) is 8.35. The van der Waals surface area contributed by atoms with Gasteiger partial charge in [-0.3, -0.25) is 9.69 Å². The fourth-order valence-corrected chi connectivity index (χ4v) is 3.60. The van der Waals surface area contributed by atoms with Gasteiger partial charge >= 0.3 is 6.09 Å². The van der Waals surface area contributed by atoms with Crippen LogP contribution in [0.2, 0.25) is 0 Å². The number of methoxy groups -OCH3 is 1. The van der Waals surface area contributed by atoms with Gasteiger partial charge in [0, 0.05) is 58.0 Å². The van der Waals surface area contributed by atoms with Crippen molar-refractivity contribution in [3.05, 3.63) is 24.3 Å². The lowest BCUT2D eigenvalue weighted by molar-refractivity contribution is -0.133. The number of ether oxygens (including phenoxy) is 2. The highest BCUT2D eigenvalue weighted by Gasteiger charge is 2.26. The fraction of sp³-hybridized carbons (Fsp3) is 0.600. The van der Waals surface area contributed by atoms with Crippen molar-refractivity contribution in [3.8, 4) is 5.75 Å². The van der Waals surface area contributed by atoms with E-state index >= 15 is 0 Å². The summed E-state index contributed by atoms with van der Waals surface area (Å²) in [5, 5.41) is 0. The smallest absolute Gasteiger partial charge is 0.409 e. The summed E-state index contributed by atoms with van der Waals surface area (Å²) in [5.41, 5.74) is 1.16. The molecule has 1 aromatic carbocycles. The molecule has 0 saturated carbocycles. The minimum absolute atomic E-state index is 0.166. The Morgan fingerprint density at radius 3 is 2.07 bits per heavy atom. The van der Waals surface area contributed by atoms with Crippen molar-refractivity contribution in [1.29, 1.82) is 0 Å². The van der Waals surface area contributed by atoms with Crippen LogP contribution in [0.15, 0.2) is 24.3 Å². The molecule has 8 heteroatoms. The number of anilines is 1. The first-order chi connectivity index (χ1) is 13.6. The monoisotopic (exact) mass is 390 g/mol. The Labute approximate surface area is 166 Å². The Morgan fingerprint density at radius 2 is 1.50 bits per heavy atom. The summed E-state index contributed by atoms with van der Waals surface area (Å²) in [7, 11) is 1.66. The number of hydrogen-bond donors (Lipinski definition) is 0. The zero-order valence-electron chi connectivity index (χ0n) is 16.8. The maximum absolute atomic E-state index is 12.7. The highest BCUT2D eigenvalue weighted by Crippen LogP contribution is 2.20. The van der Waals surface area contributed by atoms with Crippen LogP contribution in [-0.4, -0.2) is 99.3 Å². The van der Waals surface area contributed by atoms with Gasteiger partial charge in [0.2, 0.25) is 5.91 Å². The molecule has 0 atom stereocenters. The molecule has 2 saturated heterocycles. The third-order valence-electron chi connectivity index (χ3n) is 5.33. The van der Waals surface area contributed by atoms with Crippen molar-refractivity contribution in [2.24, 2.45) is 0 Å². The van der Waals surface area contributed by atoms with Gasteiger partial charge in [-0.15, -0.1) is 0 Å². The summed E-state index contributed by atoms with van der Waals surface area (Å²) in [6.07, 6.45) is -0.261. The second-order valence-corrected chi connectivity index (χ2v) is 7.03. The molecule has 8 nitrogen and oxygen atoms in total. The molecule has 28 heavy (non-hydrogen) atoms. The number of carbonyl (C=O) groups is 2. The Balaban J connectivity index is 1.41. The van der Waals surface area contributed by atoms with Crippen LogP contribution >= 0.6 is 0 Å². The number of carbonyl (C=O) groups excluding carboxylic acids is 2. The van der Waals surface area contributed by atoms with Gasteiger partial charge in [0.15, 0.2) is 0 Å². The second-order valence-electron chi connectivity index (χ2n) is 7.03. The fourth-order valence-electron chi connectivity index (χ4n) is 3.60. The maximum atomic E-state index is 12.7. The number of rotatable bonds is 5. The third-order valence-corrected chi connectivity index (χ3v) is 5.33. The molecule has 2 fully saturated rings. The Bertz CT molecular complexity index is 651. The van der Waals surface area contributed by atoms with Crippen molar-refractivity contribution in [1.82, 2.24) is 14.7 Å². The Morgan fingerprint density at radius 1 is 0.893 bits per heavy atom. The lowest BCUT2D eigenvalue weighted by Gasteiger charge is -2.38. The molecule has 0 unspecified atom stereocenters. The van der Waals surface area contributed by atoms with Crippen LogP contribution in [0.5, 0.6) is 5.75 Å². The molecular formula is C20H30N4O4. The van der Waals surface area contributed by atoms with Gasteiger partial charge in [0.25, 0.3) is 0 Å². The highest BCUT2D eigenvalue weighted by atomic mass is 16.6. The molecule has 0 N–H and O–H groups in total. The second kappa shape index (κ2) is 9.64. The lowest BCUT2D eigenvalue weighted by Crippen LogP contribution is -2.54. The van der Waals surface area contributed by atoms with Gasteiger partial charge in [0.1, 0.15) is 5.75 Å². The molecule has 2 amide bonds. The van der Waals surface area contributed by atoms with E-state index in [2.05, 4.69) is 21.9 Å². The standard InChI is InChI=1S/C20H30N4O4/c1-3-28-20(26)24-10-8-21(9-11-24)16-19(25)23-14-12-22(13-15-23)17-4-6-18(27-2)7-5-17/h4-7H,3,8-16H2,1-2H3. The molecule has 0 aromatic heterocycles. The van der Waals surface area contributed by atoms with Gasteiger partial charge < -0.3 is 24.2 Å². The zero-order chi connectivity index (χ0) is 19.9. The average molecular weight is 390 g/mol. The van der Waals surface area contributed by atoms with Gasteiger partial charge in [-0.25, -0.2) is 4.79 Å². The van der Waals surface area contributed by atoms with E-state index in [1.807, 2.05) is 17.0 Å². The molecule has 0 radical (unpaired) electrons. The van der Waals surface area contributed by atoms with E-state index in [0.717, 1.165) is 37.6 Å². The van der Waals surface area contributed by atoms with E-state index in [1.54, 1.807) is 18.9 Å². The average Bonchev–Trinajstić information content (AvgIpc) is 2.74. The van der Waals surface area contributed by atoms with Gasteiger partial charge in [0.05, 0.1) is 20.3 Å². The topological polar surface area (TPSA) is 65.6 Å². The van der Waals surface area contributed by atoms with Crippen molar-refractivity contribution in [3.63, 3.8) is 0 Å². The first-order valence-corrected chi connectivity index (χ1v) is 9.91. The van der Waals surface area contributed by atoms with Crippen LogP contribution in [0.1, 0.15) is 6.92 Å². The minimum atomic E-state index is -0.261. The molecule has 0 bridgehead atoms. The molecule has 2 heterocycles. The maximum Gasteiger partial charge on any atom is 0.409 e. The molecular weight excluding hydrogens is 360 g/mol. The van der Waals surface area contributed by atoms with Crippen LogP contribution in [0.25, 0.3) is 0 Å². The predicted molar refractivity (Wildman–Crippen MR) is 107 cm³/mol. The summed E-state index contributed by atoms with van der Waals surface area (Å²) < 4.78 is 10.2. The van der Waals surface area contributed by atoms with Crippen molar-refractivity contribution in [2.75, 3.05) is 77.5 Å². The van der Waals surface area contributed by atoms with Gasteiger partial charge in [-0.1, -0.05) is 0 Å². The first-order valence-electron chi connectivity index (χ1n) is 9.91. The van der Waals surface area contributed by atoms with E-state index < -0.39 is 0 Å². The van der Waals surface area contributed by atoms with Crippen molar-refractivity contribution < 1.29 is 19.1 Å². The van der Waals surface area contributed by atoms with E-state index in [-0.39, 0.29) is 12.0 Å². The van der Waals surface area contributed by atoms with Gasteiger partial charge in [-0.05, 0) is 31.2 Å². The summed E-state index contributed by atoms with van der Waals surface area (Å²) in [4.78, 5) is 32.5. The van der Waals surface area contributed by atoms with Crippen LogP contribution in [-0.2, 0) is 9.53 Å². The summed E-state index contributed by atoms with van der Waals surface area (Å²) in [6, 6.07) is 8.03. The largest absolute Gasteiger partial charge is 0.497 e. The number of amides is 2. The number of benzene rings is 1. The Hall–Kier alpha value is -2.48. The quantitative estimate of drug-likeness (QED) is 0.751. The van der Waals surface area contributed by atoms with E-state index in [9.17, 15) is 9.59 Å². The normalized spacial score (nSPS) is 18.1. The van der Waals surface area contributed by atoms with Crippen molar-refractivity contribution >= 4 is 17.7 Å². The minimum Gasteiger partial charge on any atom is -0.497 e. The van der Waals surface area contributed by atoms with E-state index in [1.165, 1.54) is 0 Å². The molecule has 2 aliphatic heterocycles. The molecule has 0 spiro atoms. The summed E-state index contributed by atoms with van der Waals surface area (Å²) in [5.74, 6) is 1.01. The molecule has 1 aromatic rings. The molecule has 3 rings (SSSR count). The summed E-state index contributed by atoms with van der Waals surface area (Å²) >= 11 is 0. The molecule has 0 aliphatic carbocycles. The van der Waals surface area contributed by atoms with Crippen LogP contribution < -0.4 is 9.64 Å². The highest BCUT2D eigenvalue weighted by molar-refractivity contribution is 5.78. The molecule has 154 valence electrons. The third kappa shape index (κ3) is 5.07.